The van der Waals surface area contributed by atoms with Gasteiger partial charge >= 0.3 is 0 Å². The molecule has 6 rings (SSSR count). The van der Waals surface area contributed by atoms with Crippen LogP contribution in [0.3, 0.4) is 0 Å². The van der Waals surface area contributed by atoms with Crippen LogP contribution in [-0.4, -0.2) is 38.1 Å². The molecule has 0 amide bonds. The minimum Gasteiger partial charge on any atom is -0.346 e. The van der Waals surface area contributed by atoms with Gasteiger partial charge in [-0.15, -0.1) is 0 Å². The number of H-pyrrole nitrogens is 1. The molecule has 0 unspecified atom stereocenters. The van der Waals surface area contributed by atoms with Gasteiger partial charge in [-0.3, -0.25) is 14.8 Å². The number of aromatic amines is 1. The molecule has 0 bridgehead atoms. The largest absolute Gasteiger partial charge is 0.346 e. The Bertz CT molecular complexity index is 1170. The molecular formula is C23H23N6+. The van der Waals surface area contributed by atoms with Crippen molar-refractivity contribution in [2.45, 2.75) is 25.3 Å². The zero-order chi connectivity index (χ0) is 19.2. The summed E-state index contributed by atoms with van der Waals surface area (Å²) in [6.07, 6.45) is 11.2. The Balaban J connectivity index is 1.46. The Morgan fingerprint density at radius 3 is 2.69 bits per heavy atom. The Hall–Kier alpha value is -3.25. The maximum atomic E-state index is 5.06. The molecule has 29 heavy (non-hydrogen) atoms. The molecular weight excluding hydrogens is 360 g/mol. The molecule has 2 aliphatic rings. The first-order valence-corrected chi connectivity index (χ1v) is 10.3. The molecule has 4 heterocycles. The minimum absolute atomic E-state index is 0.481. The van der Waals surface area contributed by atoms with Gasteiger partial charge in [0.2, 0.25) is 0 Å². The summed E-state index contributed by atoms with van der Waals surface area (Å²) in [5.74, 6) is 0. The van der Waals surface area contributed by atoms with Crippen LogP contribution in [0.2, 0.25) is 0 Å². The topological polar surface area (TPSA) is 76.0 Å². The van der Waals surface area contributed by atoms with E-state index in [1.165, 1.54) is 53.7 Å². The fourth-order valence-electron chi connectivity index (χ4n) is 4.72. The third kappa shape index (κ3) is 2.79. The second-order valence-corrected chi connectivity index (χ2v) is 8.02. The molecule has 0 spiro atoms. The zero-order valence-corrected chi connectivity index (χ0v) is 16.2. The predicted molar refractivity (Wildman–Crippen MR) is 111 cm³/mol. The summed E-state index contributed by atoms with van der Waals surface area (Å²) in [6.45, 7) is 2.35. The number of nitrogens with two attached hydrogens (primary N) is 1. The fraction of sp³-hybridized carbons (Fsp3) is 0.261. The van der Waals surface area contributed by atoms with Crippen molar-refractivity contribution in [1.29, 1.82) is 0 Å². The van der Waals surface area contributed by atoms with Gasteiger partial charge in [0, 0.05) is 60.1 Å². The summed E-state index contributed by atoms with van der Waals surface area (Å²) in [4.78, 5) is 4.19. The van der Waals surface area contributed by atoms with Gasteiger partial charge in [-0.25, -0.2) is 0 Å². The van der Waals surface area contributed by atoms with E-state index in [-0.39, 0.29) is 0 Å². The number of pyridine rings is 1. The maximum absolute atomic E-state index is 5.06. The number of fused-ring (bicyclic) bond motifs is 3. The van der Waals surface area contributed by atoms with Crippen molar-refractivity contribution in [3.05, 3.63) is 66.2 Å². The van der Waals surface area contributed by atoms with E-state index < -0.39 is 0 Å². The first-order chi connectivity index (χ1) is 14.4. The van der Waals surface area contributed by atoms with Crippen LogP contribution in [0, 0.1) is 0 Å². The van der Waals surface area contributed by atoms with Crippen molar-refractivity contribution >= 4 is 0 Å². The van der Waals surface area contributed by atoms with Gasteiger partial charge in [-0.2, -0.15) is 10.2 Å². The third-order valence-electron chi connectivity index (χ3n) is 6.25. The number of piperidine rings is 1. The number of hydrogen-bond donors (Lipinski definition) is 2. The number of aromatic nitrogens is 5. The Morgan fingerprint density at radius 2 is 1.83 bits per heavy atom. The van der Waals surface area contributed by atoms with Crippen LogP contribution in [-0.2, 0) is 6.42 Å². The summed E-state index contributed by atoms with van der Waals surface area (Å²) in [6, 6.07) is 11.3. The smallest absolute Gasteiger partial charge is 0.100 e. The number of nitrogens with zero attached hydrogens (tertiary/aromatic N) is 4. The molecule has 0 radical (unpaired) electrons. The van der Waals surface area contributed by atoms with Gasteiger partial charge < -0.3 is 5.32 Å². The summed E-state index contributed by atoms with van der Waals surface area (Å²) in [5.41, 5.74) is 9.64. The molecule has 3 N–H and O–H groups in total. The van der Waals surface area contributed by atoms with Gasteiger partial charge in [0.05, 0.1) is 31.0 Å². The van der Waals surface area contributed by atoms with Crippen molar-refractivity contribution in [2.75, 3.05) is 13.1 Å². The van der Waals surface area contributed by atoms with Crippen molar-refractivity contribution in [1.82, 2.24) is 25.0 Å². The Kier molecular flexibility index (Phi) is 3.84. The SMILES string of the molecule is c1cc(-c2nn(C3CC[NH2+]CC3)cc2-c2ccc3c(c2)Cc2cn[nH]c2-3)ccn1. The van der Waals surface area contributed by atoms with Crippen molar-refractivity contribution < 1.29 is 5.32 Å². The highest BCUT2D eigenvalue weighted by Crippen LogP contribution is 2.39. The minimum atomic E-state index is 0.481. The van der Waals surface area contributed by atoms with E-state index in [9.17, 15) is 0 Å². The van der Waals surface area contributed by atoms with Gasteiger partial charge in [0.1, 0.15) is 5.69 Å². The summed E-state index contributed by atoms with van der Waals surface area (Å²) in [7, 11) is 0. The van der Waals surface area contributed by atoms with E-state index in [2.05, 4.69) is 61.7 Å². The number of quaternary nitrogens is 1. The second-order valence-electron chi connectivity index (χ2n) is 8.02. The van der Waals surface area contributed by atoms with Crippen LogP contribution in [0.5, 0.6) is 0 Å². The average Bonchev–Trinajstić information content (AvgIpc) is 3.49. The van der Waals surface area contributed by atoms with E-state index in [4.69, 9.17) is 5.10 Å². The molecule has 1 aliphatic carbocycles. The number of nitrogens with one attached hydrogen (secondary N) is 1. The lowest BCUT2D eigenvalue weighted by atomic mass is 9.98. The lowest BCUT2D eigenvalue weighted by Gasteiger charge is -2.20. The van der Waals surface area contributed by atoms with E-state index in [0.29, 0.717) is 6.04 Å². The highest BCUT2D eigenvalue weighted by Gasteiger charge is 2.24. The van der Waals surface area contributed by atoms with Crippen molar-refractivity contribution in [3.8, 4) is 33.6 Å². The number of hydrogen-bond acceptors (Lipinski definition) is 3. The number of benzene rings is 1. The highest BCUT2D eigenvalue weighted by atomic mass is 15.3. The molecule has 1 fully saturated rings. The molecule has 1 aromatic carbocycles. The Labute approximate surface area is 169 Å². The van der Waals surface area contributed by atoms with Crippen molar-refractivity contribution in [2.24, 2.45) is 0 Å². The molecule has 6 nitrogen and oxygen atoms in total. The third-order valence-corrected chi connectivity index (χ3v) is 6.25. The fourth-order valence-corrected chi connectivity index (χ4v) is 4.72. The summed E-state index contributed by atoms with van der Waals surface area (Å²) >= 11 is 0. The van der Waals surface area contributed by atoms with Gasteiger partial charge in [-0.1, -0.05) is 18.2 Å². The van der Waals surface area contributed by atoms with Crippen LogP contribution in [0.4, 0.5) is 0 Å². The monoisotopic (exact) mass is 383 g/mol. The molecule has 0 saturated carbocycles. The first kappa shape index (κ1) is 16.7. The van der Waals surface area contributed by atoms with Gasteiger partial charge in [0.25, 0.3) is 0 Å². The van der Waals surface area contributed by atoms with Crippen LogP contribution in [0.1, 0.15) is 30.0 Å². The molecule has 1 aliphatic heterocycles. The Morgan fingerprint density at radius 1 is 0.966 bits per heavy atom. The number of rotatable bonds is 3. The summed E-state index contributed by atoms with van der Waals surface area (Å²) < 4.78 is 2.21. The maximum Gasteiger partial charge on any atom is 0.100 e. The van der Waals surface area contributed by atoms with Crippen LogP contribution in [0.25, 0.3) is 33.6 Å². The normalized spacial score (nSPS) is 16.0. The van der Waals surface area contributed by atoms with E-state index in [0.717, 1.165) is 23.4 Å². The van der Waals surface area contributed by atoms with Crippen molar-refractivity contribution in [3.63, 3.8) is 0 Å². The van der Waals surface area contributed by atoms with Gasteiger partial charge in [0.15, 0.2) is 0 Å². The molecule has 6 heteroatoms. The molecule has 144 valence electrons. The second kappa shape index (κ2) is 6.67. The molecule has 1 saturated heterocycles. The molecule has 0 atom stereocenters. The van der Waals surface area contributed by atoms with E-state index in [1.807, 2.05) is 18.6 Å². The van der Waals surface area contributed by atoms with E-state index in [1.54, 1.807) is 0 Å². The molecule has 4 aromatic rings. The quantitative estimate of drug-likeness (QED) is 0.503. The van der Waals surface area contributed by atoms with Crippen LogP contribution >= 0.6 is 0 Å². The van der Waals surface area contributed by atoms with Gasteiger partial charge in [-0.05, 0) is 23.3 Å². The zero-order valence-electron chi connectivity index (χ0n) is 16.2. The standard InChI is InChI=1S/C23H22N6/c1-2-20-17(12-18-13-26-27-22(18)20)11-16(1)21-14-29(19-5-9-25-10-6-19)28-23(21)15-3-7-24-8-4-15/h1-4,7-8,11,13-14,19,25H,5-6,9-10,12H2,(H,26,27)/p+1. The van der Waals surface area contributed by atoms with Crippen LogP contribution < -0.4 is 5.32 Å². The highest BCUT2D eigenvalue weighted by molar-refractivity contribution is 5.83. The van der Waals surface area contributed by atoms with Crippen LogP contribution in [0.15, 0.2) is 55.1 Å². The first-order valence-electron chi connectivity index (χ1n) is 10.3. The average molecular weight is 383 g/mol. The molecule has 3 aromatic heterocycles. The lowest BCUT2D eigenvalue weighted by Crippen LogP contribution is -2.86. The predicted octanol–water partition coefficient (Wildman–Crippen LogP) is 2.80. The van der Waals surface area contributed by atoms with E-state index >= 15 is 0 Å². The lowest BCUT2D eigenvalue weighted by molar-refractivity contribution is -0.664. The summed E-state index contributed by atoms with van der Waals surface area (Å²) in [5, 5.41) is 14.8.